The van der Waals surface area contributed by atoms with E-state index in [1.165, 1.54) is 41.0 Å². The second kappa shape index (κ2) is 10.6. The summed E-state index contributed by atoms with van der Waals surface area (Å²) < 4.78 is 41.7. The molecule has 1 atom stereocenters. The number of nitrogens with two attached hydrogens (primary N) is 2. The Kier molecular flexibility index (Phi) is 6.98. The Balaban J connectivity index is 1.54. The lowest BCUT2D eigenvalue weighted by Crippen LogP contribution is -2.06. The summed E-state index contributed by atoms with van der Waals surface area (Å²) in [6, 6.07) is 15.9. The van der Waals surface area contributed by atoms with Gasteiger partial charge in [-0.2, -0.15) is 5.10 Å². The standard InChI is InChI=1S/C29H23F2N5O3S2/c30-19-7-4-16(5-8-19)20-13-18(6-9-23(20)32)26-21(11-15-1-10-25(41(33)39)22(31)12-15)27(17-2-3-17)36(35-26)29-34-24(14-40-29)28(37)38/h1,4-10,12-14,17H,2-3,11,32-33H2,(H,37,38). The molecule has 12 heteroatoms. The van der Waals surface area contributed by atoms with Crippen LogP contribution in [0.5, 0.6) is 0 Å². The second-order valence-corrected chi connectivity index (χ2v) is 11.6. The minimum atomic E-state index is -1.96. The van der Waals surface area contributed by atoms with Gasteiger partial charge in [0.25, 0.3) is 0 Å². The van der Waals surface area contributed by atoms with Crippen molar-refractivity contribution in [1.82, 2.24) is 14.8 Å². The van der Waals surface area contributed by atoms with Gasteiger partial charge in [0.1, 0.15) is 22.6 Å². The van der Waals surface area contributed by atoms with Crippen LogP contribution >= 0.6 is 11.3 Å². The van der Waals surface area contributed by atoms with Gasteiger partial charge in [0.05, 0.1) is 16.3 Å². The summed E-state index contributed by atoms with van der Waals surface area (Å²) in [4.78, 5) is 15.8. The number of hydrogen-bond donors (Lipinski definition) is 3. The molecule has 0 radical (unpaired) electrons. The van der Waals surface area contributed by atoms with E-state index < -0.39 is 22.8 Å². The predicted molar refractivity (Wildman–Crippen MR) is 153 cm³/mol. The summed E-state index contributed by atoms with van der Waals surface area (Å²) in [5, 5.41) is 21.7. The highest BCUT2D eigenvalue weighted by molar-refractivity contribution is 7.82. The average Bonchev–Trinajstić information content (AvgIpc) is 3.52. The normalized spacial score (nSPS) is 13.8. The number of aromatic carboxylic acids is 1. The molecule has 0 aliphatic heterocycles. The van der Waals surface area contributed by atoms with Gasteiger partial charge in [0.15, 0.2) is 5.69 Å². The van der Waals surface area contributed by atoms with Crippen molar-refractivity contribution in [2.45, 2.75) is 30.1 Å². The summed E-state index contributed by atoms with van der Waals surface area (Å²) in [5.74, 6) is -2.00. The van der Waals surface area contributed by atoms with Crippen molar-refractivity contribution in [3.05, 3.63) is 100 Å². The fourth-order valence-electron chi connectivity index (χ4n) is 4.86. The Morgan fingerprint density at radius 1 is 1.07 bits per heavy atom. The highest BCUT2D eigenvalue weighted by Crippen LogP contribution is 2.46. The molecule has 8 nitrogen and oxygen atoms in total. The lowest BCUT2D eigenvalue weighted by atomic mass is 9.94. The first-order valence-corrected chi connectivity index (χ1v) is 14.7. The zero-order chi connectivity index (χ0) is 28.8. The molecule has 1 saturated carbocycles. The number of aromatic nitrogens is 3. The molecule has 3 aromatic carbocycles. The molecular formula is C29H23F2N5O3S2. The van der Waals surface area contributed by atoms with E-state index in [9.17, 15) is 22.9 Å². The number of nitrogen functional groups attached to an aromatic ring is 1. The molecule has 1 unspecified atom stereocenters. The molecule has 0 spiro atoms. The highest BCUT2D eigenvalue weighted by Gasteiger charge is 2.34. The van der Waals surface area contributed by atoms with E-state index in [-0.39, 0.29) is 22.3 Å². The van der Waals surface area contributed by atoms with Crippen LogP contribution in [-0.2, 0) is 17.4 Å². The Morgan fingerprint density at radius 3 is 2.44 bits per heavy atom. The summed E-state index contributed by atoms with van der Waals surface area (Å²) in [6.07, 6.45) is 2.12. The SMILES string of the molecule is Nc1ccc(-c2nn(-c3nc(C(=O)O)cs3)c(C3CC3)c2Cc2ccc(S(N)=O)c(F)c2)cc1-c1ccc(F)cc1. The topological polar surface area (TPSA) is 137 Å². The first-order valence-electron chi connectivity index (χ1n) is 12.6. The first-order chi connectivity index (χ1) is 19.7. The van der Waals surface area contributed by atoms with E-state index in [4.69, 9.17) is 16.0 Å². The Morgan fingerprint density at radius 2 is 1.80 bits per heavy atom. The molecule has 1 aliphatic rings. The number of anilines is 1. The molecule has 1 aliphatic carbocycles. The maximum atomic E-state index is 14.8. The van der Waals surface area contributed by atoms with Crippen LogP contribution in [0.3, 0.4) is 0 Å². The van der Waals surface area contributed by atoms with Crippen LogP contribution in [-0.4, -0.2) is 30.0 Å². The van der Waals surface area contributed by atoms with Crippen molar-refractivity contribution in [2.75, 3.05) is 5.73 Å². The van der Waals surface area contributed by atoms with Crippen molar-refractivity contribution < 1.29 is 22.9 Å². The van der Waals surface area contributed by atoms with E-state index in [2.05, 4.69) is 4.98 Å². The van der Waals surface area contributed by atoms with Crippen LogP contribution in [0, 0.1) is 11.6 Å². The molecule has 41 heavy (non-hydrogen) atoms. The first kappa shape index (κ1) is 26.9. The van der Waals surface area contributed by atoms with Crippen LogP contribution < -0.4 is 10.9 Å². The zero-order valence-corrected chi connectivity index (χ0v) is 23.0. The summed E-state index contributed by atoms with van der Waals surface area (Å²) in [5.41, 5.74) is 11.8. The number of thiazole rings is 1. The molecule has 0 saturated heterocycles. The third-order valence-electron chi connectivity index (χ3n) is 6.96. The maximum absolute atomic E-state index is 14.8. The van der Waals surface area contributed by atoms with Crippen molar-refractivity contribution >= 4 is 34.0 Å². The smallest absolute Gasteiger partial charge is 0.355 e. The van der Waals surface area contributed by atoms with Gasteiger partial charge in [-0.25, -0.2) is 32.6 Å². The van der Waals surface area contributed by atoms with Crippen LogP contribution in [0.15, 0.2) is 70.9 Å². The van der Waals surface area contributed by atoms with E-state index in [0.29, 0.717) is 34.1 Å². The van der Waals surface area contributed by atoms with Gasteiger partial charge in [-0.05, 0) is 60.4 Å². The largest absolute Gasteiger partial charge is 0.476 e. The summed E-state index contributed by atoms with van der Waals surface area (Å²) >= 11 is 1.17. The molecule has 6 rings (SSSR count). The van der Waals surface area contributed by atoms with Gasteiger partial charge in [-0.1, -0.05) is 24.3 Å². The number of carboxylic acids is 1. The Hall–Kier alpha value is -4.26. The van der Waals surface area contributed by atoms with Crippen molar-refractivity contribution in [1.29, 1.82) is 0 Å². The maximum Gasteiger partial charge on any atom is 0.355 e. The Bertz CT molecular complexity index is 1830. The van der Waals surface area contributed by atoms with E-state index >= 15 is 0 Å². The predicted octanol–water partition coefficient (Wildman–Crippen LogP) is 5.67. The molecule has 0 bridgehead atoms. The number of carboxylic acid groups (broad SMARTS) is 1. The van der Waals surface area contributed by atoms with Gasteiger partial charge in [-0.3, -0.25) is 0 Å². The summed E-state index contributed by atoms with van der Waals surface area (Å²) in [6.45, 7) is 0. The third-order valence-corrected chi connectivity index (χ3v) is 8.54. The van der Waals surface area contributed by atoms with Gasteiger partial charge in [0.2, 0.25) is 5.13 Å². The minimum absolute atomic E-state index is 0.0797. The molecular weight excluding hydrogens is 568 g/mol. The monoisotopic (exact) mass is 591 g/mol. The molecule has 0 amide bonds. The molecule has 5 N–H and O–H groups in total. The number of rotatable bonds is 8. The number of benzene rings is 3. The van der Waals surface area contributed by atoms with Gasteiger partial charge >= 0.3 is 5.97 Å². The fraction of sp³-hybridized carbons (Fsp3) is 0.138. The minimum Gasteiger partial charge on any atom is -0.476 e. The number of nitrogens with zero attached hydrogens (tertiary/aromatic N) is 3. The number of halogens is 2. The molecule has 5 aromatic rings. The summed E-state index contributed by atoms with van der Waals surface area (Å²) in [7, 11) is -1.96. The average molecular weight is 592 g/mol. The molecule has 2 heterocycles. The number of carbonyl (C=O) groups is 1. The van der Waals surface area contributed by atoms with Gasteiger partial charge < -0.3 is 10.8 Å². The van der Waals surface area contributed by atoms with Crippen LogP contribution in [0.1, 0.15) is 46.1 Å². The molecule has 208 valence electrons. The van der Waals surface area contributed by atoms with Crippen LogP contribution in [0.4, 0.5) is 14.5 Å². The van der Waals surface area contributed by atoms with Crippen LogP contribution in [0.2, 0.25) is 0 Å². The van der Waals surface area contributed by atoms with E-state index in [1.54, 1.807) is 28.9 Å². The van der Waals surface area contributed by atoms with Gasteiger partial charge in [0, 0.05) is 40.1 Å². The Labute approximate surface area is 239 Å². The van der Waals surface area contributed by atoms with Gasteiger partial charge in [-0.15, -0.1) is 11.3 Å². The van der Waals surface area contributed by atoms with E-state index in [0.717, 1.165) is 35.2 Å². The zero-order valence-electron chi connectivity index (χ0n) is 21.4. The molecule has 2 aromatic heterocycles. The quantitative estimate of drug-likeness (QED) is 0.199. The third kappa shape index (κ3) is 5.29. The lowest BCUT2D eigenvalue weighted by Gasteiger charge is -2.11. The highest BCUT2D eigenvalue weighted by atomic mass is 32.2. The van der Waals surface area contributed by atoms with Crippen molar-refractivity contribution in [3.63, 3.8) is 0 Å². The second-order valence-electron chi connectivity index (χ2n) is 9.77. The van der Waals surface area contributed by atoms with Crippen molar-refractivity contribution in [3.8, 4) is 27.5 Å². The molecule has 1 fully saturated rings. The number of hydrogen-bond acceptors (Lipinski definition) is 6. The van der Waals surface area contributed by atoms with Crippen molar-refractivity contribution in [2.24, 2.45) is 5.14 Å². The van der Waals surface area contributed by atoms with Crippen LogP contribution in [0.25, 0.3) is 27.5 Å². The lowest BCUT2D eigenvalue weighted by molar-refractivity contribution is 0.0691. The fourth-order valence-corrected chi connectivity index (χ4v) is 6.07. The van der Waals surface area contributed by atoms with E-state index in [1.807, 2.05) is 12.1 Å².